The third kappa shape index (κ3) is 2.89. The summed E-state index contributed by atoms with van der Waals surface area (Å²) in [4.78, 5) is 23.2. The fraction of sp³-hybridized carbons (Fsp3) is 0. The second-order valence-electron chi connectivity index (χ2n) is 3.02. The number of nitrogens with one attached hydrogen (secondary N) is 1. The number of hydrogen-bond donors (Lipinski definition) is 1. The van der Waals surface area contributed by atoms with E-state index >= 15 is 0 Å². The van der Waals surface area contributed by atoms with Crippen LogP contribution < -0.4 is 5.32 Å². The van der Waals surface area contributed by atoms with Crippen molar-refractivity contribution in [3.8, 4) is 0 Å². The van der Waals surface area contributed by atoms with Crippen molar-refractivity contribution in [1.29, 1.82) is 0 Å². The molecule has 0 aliphatic carbocycles. The van der Waals surface area contributed by atoms with Crippen LogP contribution in [-0.2, 0) is 0 Å². The van der Waals surface area contributed by atoms with Crippen molar-refractivity contribution in [2.45, 2.75) is 0 Å². The fourth-order valence-corrected chi connectivity index (χ4v) is 1.36. The van der Waals surface area contributed by atoms with Crippen molar-refractivity contribution in [2.75, 3.05) is 5.32 Å². The minimum atomic E-state index is -0.427. The van der Waals surface area contributed by atoms with Gasteiger partial charge < -0.3 is 5.32 Å². The van der Waals surface area contributed by atoms with Crippen LogP contribution >= 0.6 is 23.2 Å². The monoisotopic (exact) mass is 268 g/mol. The Morgan fingerprint density at radius 3 is 2.65 bits per heavy atom. The van der Waals surface area contributed by atoms with Crippen LogP contribution in [0.25, 0.3) is 0 Å². The third-order valence-electron chi connectivity index (χ3n) is 1.86. The van der Waals surface area contributed by atoms with Crippen LogP contribution in [-0.4, -0.2) is 20.9 Å². The Labute approximate surface area is 107 Å². The molecule has 0 saturated carbocycles. The summed E-state index contributed by atoms with van der Waals surface area (Å²) in [6.45, 7) is 0. The van der Waals surface area contributed by atoms with E-state index in [0.29, 0.717) is 5.69 Å². The average molecular weight is 269 g/mol. The number of rotatable bonds is 2. The van der Waals surface area contributed by atoms with Crippen LogP contribution in [0.15, 0.2) is 30.7 Å². The third-order valence-corrected chi connectivity index (χ3v) is 2.36. The molecule has 2 aromatic rings. The van der Waals surface area contributed by atoms with Gasteiger partial charge in [0.1, 0.15) is 10.8 Å². The largest absolute Gasteiger partial charge is 0.318 e. The Balaban J connectivity index is 2.17. The standard InChI is InChI=1S/C10H6Cl2N4O/c11-8-5-14-7(4-15-8)10(17)16-6-2-1-3-13-9(6)12/h1-5H,(H,16,17). The summed E-state index contributed by atoms with van der Waals surface area (Å²) in [7, 11) is 0. The van der Waals surface area contributed by atoms with Gasteiger partial charge in [0.2, 0.25) is 0 Å². The highest BCUT2D eigenvalue weighted by Gasteiger charge is 2.10. The zero-order valence-electron chi connectivity index (χ0n) is 8.39. The predicted molar refractivity (Wildman–Crippen MR) is 64.2 cm³/mol. The zero-order valence-corrected chi connectivity index (χ0v) is 9.90. The van der Waals surface area contributed by atoms with Gasteiger partial charge in [0, 0.05) is 6.20 Å². The molecule has 2 aromatic heterocycles. The summed E-state index contributed by atoms with van der Waals surface area (Å²) >= 11 is 11.4. The molecule has 0 spiro atoms. The maximum absolute atomic E-state index is 11.7. The topological polar surface area (TPSA) is 67.8 Å². The summed E-state index contributed by atoms with van der Waals surface area (Å²) < 4.78 is 0. The molecule has 5 nitrogen and oxygen atoms in total. The second-order valence-corrected chi connectivity index (χ2v) is 3.77. The van der Waals surface area contributed by atoms with Crippen LogP contribution in [0.1, 0.15) is 10.5 Å². The molecule has 0 bridgehead atoms. The second kappa shape index (κ2) is 5.07. The molecule has 17 heavy (non-hydrogen) atoms. The van der Waals surface area contributed by atoms with E-state index < -0.39 is 5.91 Å². The highest BCUT2D eigenvalue weighted by molar-refractivity contribution is 6.32. The Kier molecular flexibility index (Phi) is 3.51. The molecule has 0 atom stereocenters. The van der Waals surface area contributed by atoms with E-state index in [1.807, 2.05) is 0 Å². The van der Waals surface area contributed by atoms with Crippen molar-refractivity contribution < 1.29 is 4.79 Å². The summed E-state index contributed by atoms with van der Waals surface area (Å²) in [6.07, 6.45) is 4.10. The van der Waals surface area contributed by atoms with Gasteiger partial charge in [-0.1, -0.05) is 23.2 Å². The summed E-state index contributed by atoms with van der Waals surface area (Å²) in [6, 6.07) is 3.30. The highest BCUT2D eigenvalue weighted by Crippen LogP contribution is 2.18. The summed E-state index contributed by atoms with van der Waals surface area (Å²) in [5.41, 5.74) is 0.560. The normalized spacial score (nSPS) is 10.0. The summed E-state index contributed by atoms with van der Waals surface area (Å²) in [5.74, 6) is -0.427. The number of carbonyl (C=O) groups excluding carboxylic acids is 1. The number of carbonyl (C=O) groups is 1. The van der Waals surface area contributed by atoms with Gasteiger partial charge in [-0.3, -0.25) is 4.79 Å². The molecular formula is C10H6Cl2N4O. The number of hydrogen-bond acceptors (Lipinski definition) is 4. The molecular weight excluding hydrogens is 263 g/mol. The minimum absolute atomic E-state index is 0.148. The lowest BCUT2D eigenvalue weighted by atomic mass is 10.3. The van der Waals surface area contributed by atoms with E-state index in [4.69, 9.17) is 23.2 Å². The first-order valence-electron chi connectivity index (χ1n) is 4.56. The van der Waals surface area contributed by atoms with Gasteiger partial charge in [-0.05, 0) is 12.1 Å². The first-order chi connectivity index (χ1) is 8.16. The fourth-order valence-electron chi connectivity index (χ4n) is 1.10. The molecule has 0 fully saturated rings. The van der Waals surface area contributed by atoms with E-state index in [9.17, 15) is 4.79 Å². The average Bonchev–Trinajstić information content (AvgIpc) is 2.33. The molecule has 0 unspecified atom stereocenters. The maximum atomic E-state index is 11.7. The van der Waals surface area contributed by atoms with Gasteiger partial charge in [-0.15, -0.1) is 0 Å². The van der Waals surface area contributed by atoms with Crippen LogP contribution in [0.5, 0.6) is 0 Å². The van der Waals surface area contributed by atoms with Crippen molar-refractivity contribution in [1.82, 2.24) is 15.0 Å². The molecule has 1 amide bonds. The van der Waals surface area contributed by atoms with Gasteiger partial charge in [0.25, 0.3) is 5.91 Å². The van der Waals surface area contributed by atoms with E-state index in [0.717, 1.165) is 0 Å². The minimum Gasteiger partial charge on any atom is -0.318 e. The van der Waals surface area contributed by atoms with Crippen molar-refractivity contribution >= 4 is 34.8 Å². The lowest BCUT2D eigenvalue weighted by molar-refractivity contribution is 0.102. The van der Waals surface area contributed by atoms with Crippen LogP contribution in [0.3, 0.4) is 0 Å². The van der Waals surface area contributed by atoms with Gasteiger partial charge >= 0.3 is 0 Å². The van der Waals surface area contributed by atoms with Crippen LogP contribution in [0.4, 0.5) is 5.69 Å². The Morgan fingerprint density at radius 2 is 2.00 bits per heavy atom. The molecule has 0 saturated heterocycles. The summed E-state index contributed by atoms with van der Waals surface area (Å²) in [5, 5.41) is 3.00. The molecule has 2 rings (SSSR count). The number of amides is 1. The SMILES string of the molecule is O=C(Nc1cccnc1Cl)c1cnc(Cl)cn1. The number of aromatic nitrogens is 3. The Bertz CT molecular complexity index is 544. The van der Waals surface area contributed by atoms with E-state index in [-0.39, 0.29) is 16.0 Å². The molecule has 86 valence electrons. The Morgan fingerprint density at radius 1 is 1.18 bits per heavy atom. The molecule has 2 heterocycles. The first-order valence-corrected chi connectivity index (χ1v) is 5.32. The lowest BCUT2D eigenvalue weighted by Crippen LogP contribution is -2.14. The van der Waals surface area contributed by atoms with Crippen molar-refractivity contribution in [3.05, 3.63) is 46.7 Å². The molecule has 0 radical (unpaired) electrons. The smallest absolute Gasteiger partial charge is 0.275 e. The molecule has 0 aromatic carbocycles. The molecule has 1 N–H and O–H groups in total. The lowest BCUT2D eigenvalue weighted by Gasteiger charge is -2.05. The van der Waals surface area contributed by atoms with E-state index in [1.54, 1.807) is 12.1 Å². The van der Waals surface area contributed by atoms with Crippen LogP contribution in [0.2, 0.25) is 10.3 Å². The number of halogens is 2. The van der Waals surface area contributed by atoms with Gasteiger partial charge in [0.05, 0.1) is 18.1 Å². The number of pyridine rings is 1. The predicted octanol–water partition coefficient (Wildman–Crippen LogP) is 2.43. The number of nitrogens with zero attached hydrogens (tertiary/aromatic N) is 3. The van der Waals surface area contributed by atoms with Gasteiger partial charge in [0.15, 0.2) is 5.15 Å². The highest BCUT2D eigenvalue weighted by atomic mass is 35.5. The van der Waals surface area contributed by atoms with Crippen molar-refractivity contribution in [3.63, 3.8) is 0 Å². The molecule has 0 aliphatic heterocycles. The molecule has 7 heteroatoms. The molecule has 0 aliphatic rings. The van der Waals surface area contributed by atoms with Crippen molar-refractivity contribution in [2.24, 2.45) is 0 Å². The zero-order chi connectivity index (χ0) is 12.3. The Hall–Kier alpha value is -1.72. The number of anilines is 1. The maximum Gasteiger partial charge on any atom is 0.275 e. The van der Waals surface area contributed by atoms with Gasteiger partial charge in [-0.25, -0.2) is 15.0 Å². The van der Waals surface area contributed by atoms with E-state index in [2.05, 4.69) is 20.3 Å². The quantitative estimate of drug-likeness (QED) is 0.850. The first kappa shape index (κ1) is 11.8. The van der Waals surface area contributed by atoms with Gasteiger partial charge in [-0.2, -0.15) is 0 Å². The van der Waals surface area contributed by atoms with E-state index in [1.165, 1.54) is 18.6 Å². The van der Waals surface area contributed by atoms with Crippen LogP contribution in [0, 0.1) is 0 Å².